The van der Waals surface area contributed by atoms with E-state index in [-0.39, 0.29) is 0 Å². The highest BCUT2D eigenvalue weighted by Gasteiger charge is 2.13. The van der Waals surface area contributed by atoms with Crippen molar-refractivity contribution in [2.24, 2.45) is 5.73 Å². The van der Waals surface area contributed by atoms with Crippen LogP contribution in [0.2, 0.25) is 0 Å². The van der Waals surface area contributed by atoms with E-state index in [9.17, 15) is 0 Å². The van der Waals surface area contributed by atoms with E-state index < -0.39 is 0 Å². The van der Waals surface area contributed by atoms with Gasteiger partial charge in [-0.3, -0.25) is 0 Å². The van der Waals surface area contributed by atoms with Gasteiger partial charge in [-0.05, 0) is 5.92 Å². The molecule has 8 nitrogen and oxygen atoms in total. The minimum Gasteiger partial charge on any atom is -0.378 e. The standard InChI is InChI=1S/C12H21N7O/c1-8(2)9-7-16-19-10(9)17-12(18-11(19)14)15-4-6-20-5-3-13/h7-8H,3-6,13H2,1-2H3,(H3,14,15,17,18). The van der Waals surface area contributed by atoms with Crippen LogP contribution in [-0.4, -0.2) is 45.9 Å². The number of hydrogen-bond donors (Lipinski definition) is 3. The van der Waals surface area contributed by atoms with Crippen molar-refractivity contribution in [3.8, 4) is 0 Å². The summed E-state index contributed by atoms with van der Waals surface area (Å²) in [5, 5.41) is 7.28. The Bertz CT molecular complexity index is 566. The summed E-state index contributed by atoms with van der Waals surface area (Å²) in [5.74, 6) is 1.11. The maximum Gasteiger partial charge on any atom is 0.228 e. The highest BCUT2D eigenvalue weighted by molar-refractivity contribution is 5.54. The summed E-state index contributed by atoms with van der Waals surface area (Å²) in [6.07, 6.45) is 1.78. The molecule has 0 atom stereocenters. The lowest BCUT2D eigenvalue weighted by Crippen LogP contribution is -2.16. The van der Waals surface area contributed by atoms with Crippen LogP contribution in [0.3, 0.4) is 0 Å². The average Bonchev–Trinajstić information content (AvgIpc) is 2.83. The van der Waals surface area contributed by atoms with Gasteiger partial charge in [-0.1, -0.05) is 13.8 Å². The van der Waals surface area contributed by atoms with E-state index in [0.29, 0.717) is 44.1 Å². The second kappa shape index (κ2) is 6.49. The highest BCUT2D eigenvalue weighted by Crippen LogP contribution is 2.20. The topological polar surface area (TPSA) is 116 Å². The van der Waals surface area contributed by atoms with E-state index in [2.05, 4.69) is 34.2 Å². The molecule has 0 amide bonds. The third kappa shape index (κ3) is 3.14. The lowest BCUT2D eigenvalue weighted by atomic mass is 10.1. The van der Waals surface area contributed by atoms with Gasteiger partial charge in [0.15, 0.2) is 5.65 Å². The van der Waals surface area contributed by atoms with Gasteiger partial charge in [0.25, 0.3) is 0 Å². The largest absolute Gasteiger partial charge is 0.378 e. The summed E-state index contributed by atoms with van der Waals surface area (Å²) in [4.78, 5) is 8.62. The zero-order valence-corrected chi connectivity index (χ0v) is 11.8. The summed E-state index contributed by atoms with van der Waals surface area (Å²) in [7, 11) is 0. The van der Waals surface area contributed by atoms with Gasteiger partial charge in [-0.15, -0.1) is 0 Å². The number of fused-ring (bicyclic) bond motifs is 1. The Balaban J connectivity index is 2.12. The summed E-state index contributed by atoms with van der Waals surface area (Å²) in [6.45, 7) is 6.38. The van der Waals surface area contributed by atoms with Crippen molar-refractivity contribution in [3.63, 3.8) is 0 Å². The van der Waals surface area contributed by atoms with Gasteiger partial charge in [0, 0.05) is 18.7 Å². The molecule has 0 aliphatic carbocycles. The molecule has 5 N–H and O–H groups in total. The molecule has 2 rings (SSSR count). The fraction of sp³-hybridized carbons (Fsp3) is 0.583. The van der Waals surface area contributed by atoms with Gasteiger partial charge in [0.05, 0.1) is 19.4 Å². The fourth-order valence-electron chi connectivity index (χ4n) is 1.82. The molecule has 0 spiro atoms. The number of nitrogen functional groups attached to an aromatic ring is 1. The molecule has 0 aliphatic heterocycles. The predicted molar refractivity (Wildman–Crippen MR) is 77.6 cm³/mol. The van der Waals surface area contributed by atoms with Crippen LogP contribution in [0.15, 0.2) is 6.20 Å². The normalized spacial score (nSPS) is 11.4. The third-order valence-electron chi connectivity index (χ3n) is 2.83. The second-order valence-electron chi connectivity index (χ2n) is 4.72. The van der Waals surface area contributed by atoms with Crippen LogP contribution >= 0.6 is 0 Å². The molecule has 0 aliphatic rings. The Morgan fingerprint density at radius 1 is 1.35 bits per heavy atom. The predicted octanol–water partition coefficient (Wildman–Crippen LogP) is 0.217. The Kier molecular flexibility index (Phi) is 4.70. The Morgan fingerprint density at radius 2 is 2.15 bits per heavy atom. The molecule has 0 saturated heterocycles. The lowest BCUT2D eigenvalue weighted by molar-refractivity contribution is 0.151. The summed E-state index contributed by atoms with van der Waals surface area (Å²) < 4.78 is 6.82. The van der Waals surface area contributed by atoms with E-state index in [1.165, 1.54) is 0 Å². The first kappa shape index (κ1) is 14.5. The summed E-state index contributed by atoms with van der Waals surface area (Å²) >= 11 is 0. The monoisotopic (exact) mass is 279 g/mol. The van der Waals surface area contributed by atoms with E-state index in [4.69, 9.17) is 16.2 Å². The molecule has 20 heavy (non-hydrogen) atoms. The molecule has 0 saturated carbocycles. The van der Waals surface area contributed by atoms with Crippen LogP contribution < -0.4 is 16.8 Å². The molecule has 0 aromatic carbocycles. The number of nitrogens with one attached hydrogen (secondary N) is 1. The quantitative estimate of drug-likeness (QED) is 0.620. The molecule has 0 unspecified atom stereocenters. The molecule has 2 aromatic heterocycles. The van der Waals surface area contributed by atoms with Crippen molar-refractivity contribution < 1.29 is 4.74 Å². The van der Waals surface area contributed by atoms with Crippen LogP contribution in [-0.2, 0) is 4.74 Å². The highest BCUT2D eigenvalue weighted by atomic mass is 16.5. The first-order chi connectivity index (χ1) is 9.63. The van der Waals surface area contributed by atoms with Gasteiger partial charge >= 0.3 is 0 Å². The number of nitrogens with zero attached hydrogens (tertiary/aromatic N) is 4. The minimum absolute atomic E-state index is 0.312. The number of hydrogen-bond acceptors (Lipinski definition) is 7. The molecule has 8 heteroatoms. The fourth-order valence-corrected chi connectivity index (χ4v) is 1.82. The van der Waals surface area contributed by atoms with E-state index in [1.54, 1.807) is 10.7 Å². The molecule has 0 bridgehead atoms. The van der Waals surface area contributed by atoms with E-state index >= 15 is 0 Å². The smallest absolute Gasteiger partial charge is 0.228 e. The molecule has 0 radical (unpaired) electrons. The van der Waals surface area contributed by atoms with Crippen molar-refractivity contribution in [3.05, 3.63) is 11.8 Å². The lowest BCUT2D eigenvalue weighted by Gasteiger charge is -2.08. The number of anilines is 2. The third-order valence-corrected chi connectivity index (χ3v) is 2.83. The number of aromatic nitrogens is 4. The first-order valence-electron chi connectivity index (χ1n) is 6.66. The van der Waals surface area contributed by atoms with Gasteiger partial charge in [-0.2, -0.15) is 19.6 Å². The van der Waals surface area contributed by atoms with Crippen molar-refractivity contribution in [1.82, 2.24) is 19.6 Å². The first-order valence-corrected chi connectivity index (χ1v) is 6.66. The molecule has 2 heterocycles. The maximum atomic E-state index is 5.88. The number of nitrogens with two attached hydrogens (primary N) is 2. The Morgan fingerprint density at radius 3 is 2.85 bits per heavy atom. The summed E-state index contributed by atoms with van der Waals surface area (Å²) in [5.41, 5.74) is 13.0. The zero-order chi connectivity index (χ0) is 14.5. The molecule has 0 fully saturated rings. The van der Waals surface area contributed by atoms with Crippen LogP contribution in [0, 0.1) is 0 Å². The average molecular weight is 279 g/mol. The maximum absolute atomic E-state index is 5.88. The van der Waals surface area contributed by atoms with E-state index in [1.807, 2.05) is 0 Å². The van der Waals surface area contributed by atoms with E-state index in [0.717, 1.165) is 11.2 Å². The summed E-state index contributed by atoms with van der Waals surface area (Å²) in [6, 6.07) is 0. The van der Waals surface area contributed by atoms with Gasteiger partial charge < -0.3 is 21.5 Å². The van der Waals surface area contributed by atoms with Gasteiger partial charge in [-0.25, -0.2) is 0 Å². The molecular weight excluding hydrogens is 258 g/mol. The Labute approximate surface area is 117 Å². The van der Waals surface area contributed by atoms with Crippen molar-refractivity contribution >= 4 is 17.5 Å². The van der Waals surface area contributed by atoms with Crippen molar-refractivity contribution in [2.45, 2.75) is 19.8 Å². The van der Waals surface area contributed by atoms with Gasteiger partial charge in [0.1, 0.15) is 0 Å². The molecular formula is C12H21N7O. The van der Waals surface area contributed by atoms with Crippen molar-refractivity contribution in [1.29, 1.82) is 0 Å². The Hall–Kier alpha value is -1.93. The second-order valence-corrected chi connectivity index (χ2v) is 4.72. The van der Waals surface area contributed by atoms with Crippen LogP contribution in [0.25, 0.3) is 5.65 Å². The molecule has 2 aromatic rings. The SMILES string of the molecule is CC(C)c1cnn2c(N)nc(NCCOCCN)nc12. The minimum atomic E-state index is 0.312. The van der Waals surface area contributed by atoms with Crippen LogP contribution in [0.4, 0.5) is 11.9 Å². The zero-order valence-electron chi connectivity index (χ0n) is 11.8. The van der Waals surface area contributed by atoms with Crippen molar-refractivity contribution in [2.75, 3.05) is 37.4 Å². The van der Waals surface area contributed by atoms with Gasteiger partial charge in [0.2, 0.25) is 11.9 Å². The molecule has 110 valence electrons. The van der Waals surface area contributed by atoms with Crippen LogP contribution in [0.5, 0.6) is 0 Å². The van der Waals surface area contributed by atoms with Crippen LogP contribution in [0.1, 0.15) is 25.3 Å². The number of rotatable bonds is 7. The number of ether oxygens (including phenoxy) is 1.